The van der Waals surface area contributed by atoms with Crippen molar-refractivity contribution < 1.29 is 22.4 Å². The van der Waals surface area contributed by atoms with Crippen molar-refractivity contribution in [3.8, 4) is 0 Å². The number of hydrogen-bond donors (Lipinski definition) is 1. The van der Waals surface area contributed by atoms with Gasteiger partial charge in [0.2, 0.25) is 21.8 Å². The van der Waals surface area contributed by atoms with E-state index >= 15 is 0 Å². The fourth-order valence-electron chi connectivity index (χ4n) is 3.42. The molecule has 0 spiro atoms. The van der Waals surface area contributed by atoms with E-state index in [4.69, 9.17) is 16.0 Å². The zero-order valence-corrected chi connectivity index (χ0v) is 21.1. The highest BCUT2D eigenvalue weighted by molar-refractivity contribution is 7.88. The fraction of sp³-hybridized carbons (Fsp3) is 0.280. The average molecular weight is 518 g/mol. The molecule has 1 heterocycles. The molecule has 0 aliphatic carbocycles. The Hall–Kier alpha value is -3.14. The van der Waals surface area contributed by atoms with E-state index in [1.54, 1.807) is 67.6 Å². The maximum absolute atomic E-state index is 13.4. The number of hydrogen-bond acceptors (Lipinski definition) is 5. The first-order valence-corrected chi connectivity index (χ1v) is 13.2. The van der Waals surface area contributed by atoms with Gasteiger partial charge < -0.3 is 14.6 Å². The maximum atomic E-state index is 13.4. The van der Waals surface area contributed by atoms with Crippen molar-refractivity contribution in [1.82, 2.24) is 14.5 Å². The van der Waals surface area contributed by atoms with Crippen LogP contribution in [0.25, 0.3) is 0 Å². The number of nitrogens with one attached hydrogen (secondary N) is 1. The second-order valence-electron chi connectivity index (χ2n) is 8.14. The number of amides is 2. The van der Waals surface area contributed by atoms with Crippen molar-refractivity contribution in [2.75, 3.05) is 12.8 Å². The lowest BCUT2D eigenvalue weighted by atomic mass is 10.1. The number of furan rings is 1. The molecule has 2 aromatic carbocycles. The number of sulfonamides is 1. The molecule has 0 bridgehead atoms. The summed E-state index contributed by atoms with van der Waals surface area (Å²) in [5.41, 5.74) is 1.50. The summed E-state index contributed by atoms with van der Waals surface area (Å²) in [4.78, 5) is 27.7. The number of halogens is 1. The van der Waals surface area contributed by atoms with Gasteiger partial charge >= 0.3 is 0 Å². The zero-order chi connectivity index (χ0) is 25.4. The van der Waals surface area contributed by atoms with Gasteiger partial charge in [0.05, 0.1) is 25.6 Å². The number of carbonyl (C=O) groups is 2. The molecule has 1 aromatic heterocycles. The van der Waals surface area contributed by atoms with Crippen molar-refractivity contribution in [2.45, 2.75) is 32.6 Å². The van der Waals surface area contributed by atoms with Gasteiger partial charge in [0.15, 0.2) is 0 Å². The summed E-state index contributed by atoms with van der Waals surface area (Å²) in [6, 6.07) is 18.5. The molecule has 1 atom stereocenters. The van der Waals surface area contributed by atoms with Crippen LogP contribution in [0.2, 0.25) is 5.02 Å². The third kappa shape index (κ3) is 7.95. The Labute approximate surface area is 210 Å². The summed E-state index contributed by atoms with van der Waals surface area (Å²) >= 11 is 5.98. The number of nitrogens with zero attached hydrogens (tertiary/aromatic N) is 2. The Bertz CT molecular complexity index is 1220. The monoisotopic (exact) mass is 517 g/mol. The highest BCUT2D eigenvalue weighted by Gasteiger charge is 2.30. The minimum atomic E-state index is -3.70. The predicted molar refractivity (Wildman–Crippen MR) is 134 cm³/mol. The minimum Gasteiger partial charge on any atom is -0.467 e. The lowest BCUT2D eigenvalue weighted by molar-refractivity contribution is -0.140. The normalized spacial score (nSPS) is 12.3. The average Bonchev–Trinajstić information content (AvgIpc) is 3.35. The molecule has 0 saturated heterocycles. The largest absolute Gasteiger partial charge is 0.467 e. The summed E-state index contributed by atoms with van der Waals surface area (Å²) in [5.74, 6) is -0.313. The molecule has 8 nitrogen and oxygen atoms in total. The summed E-state index contributed by atoms with van der Waals surface area (Å²) in [6.45, 7) is 1.51. The smallest absolute Gasteiger partial charge is 0.242 e. The van der Waals surface area contributed by atoms with Gasteiger partial charge in [-0.05, 0) is 42.3 Å². The molecule has 35 heavy (non-hydrogen) atoms. The van der Waals surface area contributed by atoms with E-state index in [1.807, 2.05) is 6.07 Å². The van der Waals surface area contributed by atoms with Gasteiger partial charge in [-0.3, -0.25) is 9.59 Å². The van der Waals surface area contributed by atoms with Gasteiger partial charge in [0.1, 0.15) is 11.8 Å². The fourth-order valence-corrected chi connectivity index (χ4v) is 4.28. The first-order valence-electron chi connectivity index (χ1n) is 11.0. The van der Waals surface area contributed by atoms with Crippen molar-refractivity contribution >= 4 is 33.4 Å². The molecule has 0 aliphatic heterocycles. The number of carbonyl (C=O) groups excluding carboxylic acids is 2. The molecule has 0 saturated carbocycles. The first kappa shape index (κ1) is 26.5. The van der Waals surface area contributed by atoms with Crippen LogP contribution in [0.3, 0.4) is 0 Å². The lowest BCUT2D eigenvalue weighted by Crippen LogP contribution is -2.50. The van der Waals surface area contributed by atoms with E-state index in [2.05, 4.69) is 5.32 Å². The van der Waals surface area contributed by atoms with Gasteiger partial charge in [0, 0.05) is 18.1 Å². The molecule has 3 rings (SSSR count). The predicted octanol–water partition coefficient (Wildman–Crippen LogP) is 3.43. The molecule has 1 unspecified atom stereocenters. The summed E-state index contributed by atoms with van der Waals surface area (Å²) < 4.78 is 31.3. The van der Waals surface area contributed by atoms with Crippen molar-refractivity contribution in [3.63, 3.8) is 0 Å². The van der Waals surface area contributed by atoms with Crippen LogP contribution in [-0.4, -0.2) is 48.3 Å². The highest BCUT2D eigenvalue weighted by Crippen LogP contribution is 2.16. The van der Waals surface area contributed by atoms with Gasteiger partial charge in [-0.15, -0.1) is 0 Å². The summed E-state index contributed by atoms with van der Waals surface area (Å²) in [7, 11) is -3.70. The standard InChI is InChI=1S/C25H28ClN3O5S/c1-19(25(31)27-15-23-9-6-14-34-23)29(17-21-10-12-22(26)13-11-21)24(30)18-28(35(2,32)33)16-20-7-4-3-5-8-20/h3-14,19H,15-18H2,1-2H3,(H,27,31). The van der Waals surface area contributed by atoms with Crippen LogP contribution in [0.1, 0.15) is 23.8 Å². The van der Waals surface area contributed by atoms with E-state index in [0.717, 1.165) is 21.7 Å². The van der Waals surface area contributed by atoms with Crippen molar-refractivity contribution in [1.29, 1.82) is 0 Å². The van der Waals surface area contributed by atoms with Crippen LogP contribution in [-0.2, 0) is 39.2 Å². The molecular formula is C25H28ClN3O5S. The van der Waals surface area contributed by atoms with Crippen LogP contribution in [0.5, 0.6) is 0 Å². The maximum Gasteiger partial charge on any atom is 0.242 e. The number of benzene rings is 2. The Morgan fingerprint density at radius 1 is 0.971 bits per heavy atom. The van der Waals surface area contributed by atoms with E-state index < -0.39 is 34.4 Å². The Morgan fingerprint density at radius 3 is 2.23 bits per heavy atom. The highest BCUT2D eigenvalue weighted by atomic mass is 35.5. The summed E-state index contributed by atoms with van der Waals surface area (Å²) in [5, 5.41) is 3.30. The SMILES string of the molecule is CC(C(=O)NCc1ccco1)N(Cc1ccc(Cl)cc1)C(=O)CN(Cc1ccccc1)S(C)(=O)=O. The molecule has 0 aliphatic rings. The quantitative estimate of drug-likeness (QED) is 0.420. The molecule has 2 amide bonds. The van der Waals surface area contributed by atoms with Crippen molar-refractivity contribution in [3.05, 3.63) is 94.9 Å². The Kier molecular flexibility index (Phi) is 9.08. The second kappa shape index (κ2) is 12.0. The Balaban J connectivity index is 1.80. The van der Waals surface area contributed by atoms with E-state index in [0.29, 0.717) is 10.8 Å². The molecule has 186 valence electrons. The molecule has 1 N–H and O–H groups in total. The van der Waals surface area contributed by atoms with E-state index in [1.165, 1.54) is 11.2 Å². The Morgan fingerprint density at radius 2 is 1.63 bits per heavy atom. The van der Waals surface area contributed by atoms with Gasteiger partial charge in [-0.25, -0.2) is 8.42 Å². The third-order valence-corrected chi connectivity index (χ3v) is 6.88. The van der Waals surface area contributed by atoms with E-state index in [9.17, 15) is 18.0 Å². The van der Waals surface area contributed by atoms with Crippen molar-refractivity contribution in [2.24, 2.45) is 0 Å². The first-order chi connectivity index (χ1) is 16.6. The van der Waals surface area contributed by atoms with Crippen LogP contribution in [0.15, 0.2) is 77.4 Å². The second-order valence-corrected chi connectivity index (χ2v) is 10.6. The van der Waals surface area contributed by atoms with Crippen LogP contribution >= 0.6 is 11.6 Å². The minimum absolute atomic E-state index is 0.0409. The van der Waals surface area contributed by atoms with Gasteiger partial charge in [-0.1, -0.05) is 54.1 Å². The topological polar surface area (TPSA) is 99.9 Å². The molecule has 3 aromatic rings. The molecule has 0 radical (unpaired) electrons. The van der Waals surface area contributed by atoms with Crippen LogP contribution < -0.4 is 5.32 Å². The molecule has 10 heteroatoms. The van der Waals surface area contributed by atoms with E-state index in [-0.39, 0.29) is 19.6 Å². The van der Waals surface area contributed by atoms with Crippen LogP contribution in [0.4, 0.5) is 0 Å². The molecular weight excluding hydrogens is 490 g/mol. The third-order valence-electron chi connectivity index (χ3n) is 5.43. The molecule has 0 fully saturated rings. The lowest BCUT2D eigenvalue weighted by Gasteiger charge is -2.31. The van der Waals surface area contributed by atoms with Gasteiger partial charge in [0.25, 0.3) is 0 Å². The van der Waals surface area contributed by atoms with Crippen LogP contribution in [0, 0.1) is 0 Å². The van der Waals surface area contributed by atoms with Gasteiger partial charge in [-0.2, -0.15) is 4.31 Å². The number of rotatable bonds is 11. The zero-order valence-electron chi connectivity index (χ0n) is 19.6. The summed E-state index contributed by atoms with van der Waals surface area (Å²) in [6.07, 6.45) is 2.57.